The summed E-state index contributed by atoms with van der Waals surface area (Å²) in [7, 11) is 1.39. The Hall–Kier alpha value is -1.71. The van der Waals surface area contributed by atoms with E-state index in [1.807, 2.05) is 0 Å². The minimum absolute atomic E-state index is 0.00231. The Morgan fingerprint density at radius 2 is 2.00 bits per heavy atom. The van der Waals surface area contributed by atoms with Crippen LogP contribution in [0, 0.1) is 0 Å². The molecule has 4 heteroatoms. The van der Waals surface area contributed by atoms with E-state index >= 15 is 0 Å². The van der Waals surface area contributed by atoms with Gasteiger partial charge in [-0.3, -0.25) is 4.79 Å². The number of ketones is 1. The lowest BCUT2D eigenvalue weighted by atomic mass is 10.1. The molecule has 0 aliphatic rings. The molecule has 0 aliphatic heterocycles. The van der Waals surface area contributed by atoms with E-state index in [1.165, 1.54) is 26.2 Å². The molecular weight excluding hydrogens is 172 g/mol. The summed E-state index contributed by atoms with van der Waals surface area (Å²) in [6.07, 6.45) is 0. The fourth-order valence-corrected chi connectivity index (χ4v) is 1.07. The van der Waals surface area contributed by atoms with Crippen molar-refractivity contribution in [3.63, 3.8) is 0 Å². The Labute approximate surface area is 75.4 Å². The number of carbonyl (C=O) groups is 1. The zero-order valence-electron chi connectivity index (χ0n) is 7.37. The SMILES string of the molecule is COc1ccc(O)c(O)c1C(C)=O. The quantitative estimate of drug-likeness (QED) is 0.534. The van der Waals surface area contributed by atoms with Crippen LogP contribution in [-0.2, 0) is 0 Å². The molecule has 4 nitrogen and oxygen atoms in total. The van der Waals surface area contributed by atoms with Crippen LogP contribution in [0.1, 0.15) is 17.3 Å². The lowest BCUT2D eigenvalue weighted by molar-refractivity contribution is 0.101. The van der Waals surface area contributed by atoms with E-state index in [2.05, 4.69) is 0 Å². The second-order valence-electron chi connectivity index (χ2n) is 2.57. The highest BCUT2D eigenvalue weighted by atomic mass is 16.5. The van der Waals surface area contributed by atoms with Gasteiger partial charge in [0.15, 0.2) is 17.3 Å². The molecule has 0 spiro atoms. The van der Waals surface area contributed by atoms with E-state index in [9.17, 15) is 9.90 Å². The van der Waals surface area contributed by atoms with Crippen LogP contribution in [-0.4, -0.2) is 23.1 Å². The van der Waals surface area contributed by atoms with Gasteiger partial charge < -0.3 is 14.9 Å². The van der Waals surface area contributed by atoms with E-state index in [0.717, 1.165) is 0 Å². The molecule has 0 saturated heterocycles. The Kier molecular flexibility index (Phi) is 2.41. The van der Waals surface area contributed by atoms with Crippen molar-refractivity contribution in [3.8, 4) is 17.2 Å². The third-order valence-electron chi connectivity index (χ3n) is 1.69. The molecule has 0 heterocycles. The van der Waals surface area contributed by atoms with Crippen LogP contribution in [0.3, 0.4) is 0 Å². The number of phenolic OH excluding ortho intramolecular Hbond substituents is 2. The highest BCUT2D eigenvalue weighted by Crippen LogP contribution is 2.35. The monoisotopic (exact) mass is 182 g/mol. The molecule has 2 N–H and O–H groups in total. The van der Waals surface area contributed by atoms with E-state index in [0.29, 0.717) is 0 Å². The van der Waals surface area contributed by atoms with E-state index in [1.54, 1.807) is 0 Å². The van der Waals surface area contributed by atoms with Crippen LogP contribution in [0.5, 0.6) is 17.2 Å². The molecule has 0 atom stereocenters. The molecule has 0 aromatic heterocycles. The predicted octanol–water partition coefficient (Wildman–Crippen LogP) is 1.31. The van der Waals surface area contributed by atoms with Gasteiger partial charge in [0.05, 0.1) is 7.11 Å². The molecule has 0 unspecified atom stereocenters. The Balaban J connectivity index is 3.41. The van der Waals surface area contributed by atoms with Gasteiger partial charge in [0.25, 0.3) is 0 Å². The molecule has 0 bridgehead atoms. The van der Waals surface area contributed by atoms with E-state index in [4.69, 9.17) is 9.84 Å². The molecule has 13 heavy (non-hydrogen) atoms. The molecule has 0 amide bonds. The standard InChI is InChI=1S/C9H10O4/c1-5(10)8-7(13-2)4-3-6(11)9(8)12/h3-4,11-12H,1-2H3. The summed E-state index contributed by atoms with van der Waals surface area (Å²) >= 11 is 0. The van der Waals surface area contributed by atoms with Crippen LogP contribution in [0.15, 0.2) is 12.1 Å². The smallest absolute Gasteiger partial charge is 0.172 e. The minimum atomic E-state index is -0.438. The van der Waals surface area contributed by atoms with Gasteiger partial charge >= 0.3 is 0 Å². The lowest BCUT2D eigenvalue weighted by Gasteiger charge is -2.08. The van der Waals surface area contributed by atoms with Crippen LogP contribution < -0.4 is 4.74 Å². The van der Waals surface area contributed by atoms with Gasteiger partial charge in [0.2, 0.25) is 0 Å². The van der Waals surface area contributed by atoms with Crippen LogP contribution >= 0.6 is 0 Å². The summed E-state index contributed by atoms with van der Waals surface area (Å²) < 4.78 is 4.85. The van der Waals surface area contributed by atoms with Gasteiger partial charge in [0, 0.05) is 0 Å². The van der Waals surface area contributed by atoms with Crippen LogP contribution in [0.4, 0.5) is 0 Å². The first kappa shape index (κ1) is 9.38. The van der Waals surface area contributed by atoms with Gasteiger partial charge in [-0.2, -0.15) is 0 Å². The number of rotatable bonds is 2. The van der Waals surface area contributed by atoms with Crippen LogP contribution in [0.2, 0.25) is 0 Å². The topological polar surface area (TPSA) is 66.8 Å². The Morgan fingerprint density at radius 3 is 2.46 bits per heavy atom. The minimum Gasteiger partial charge on any atom is -0.504 e. The number of carbonyl (C=O) groups excluding carboxylic acids is 1. The van der Waals surface area contributed by atoms with Crippen molar-refractivity contribution in [2.24, 2.45) is 0 Å². The van der Waals surface area contributed by atoms with Crippen molar-refractivity contribution in [2.75, 3.05) is 7.11 Å². The van der Waals surface area contributed by atoms with E-state index < -0.39 is 5.75 Å². The summed E-state index contributed by atoms with van der Waals surface area (Å²) in [6, 6.07) is 2.69. The average molecular weight is 182 g/mol. The van der Waals surface area contributed by atoms with E-state index in [-0.39, 0.29) is 22.8 Å². The Morgan fingerprint density at radius 1 is 1.38 bits per heavy atom. The number of methoxy groups -OCH3 is 1. The fraction of sp³-hybridized carbons (Fsp3) is 0.222. The fourth-order valence-electron chi connectivity index (χ4n) is 1.07. The first-order valence-electron chi connectivity index (χ1n) is 3.67. The second kappa shape index (κ2) is 3.35. The highest BCUT2D eigenvalue weighted by Gasteiger charge is 2.16. The molecule has 0 aliphatic carbocycles. The summed E-state index contributed by atoms with van der Waals surface area (Å²) in [5, 5.41) is 18.4. The summed E-state index contributed by atoms with van der Waals surface area (Å²) in [5.41, 5.74) is 0.00231. The largest absolute Gasteiger partial charge is 0.504 e. The van der Waals surface area contributed by atoms with Gasteiger partial charge in [-0.25, -0.2) is 0 Å². The maximum absolute atomic E-state index is 11.0. The zero-order chi connectivity index (χ0) is 10.0. The number of Topliss-reactive ketones (excluding diaryl/α,β-unsaturated/α-hetero) is 1. The van der Waals surface area contributed by atoms with Crippen molar-refractivity contribution in [1.82, 2.24) is 0 Å². The van der Waals surface area contributed by atoms with Crippen molar-refractivity contribution < 1.29 is 19.7 Å². The lowest BCUT2D eigenvalue weighted by Crippen LogP contribution is -1.97. The molecule has 0 radical (unpaired) electrons. The first-order chi connectivity index (χ1) is 6.07. The first-order valence-corrected chi connectivity index (χ1v) is 3.67. The molecule has 0 saturated carbocycles. The van der Waals surface area contributed by atoms with Gasteiger partial charge in [-0.15, -0.1) is 0 Å². The maximum Gasteiger partial charge on any atom is 0.172 e. The predicted molar refractivity (Wildman–Crippen MR) is 46.3 cm³/mol. The Bertz CT molecular complexity index is 344. The number of phenols is 2. The summed E-state index contributed by atoms with van der Waals surface area (Å²) in [4.78, 5) is 11.0. The summed E-state index contributed by atoms with van der Waals surface area (Å²) in [6.45, 7) is 1.29. The van der Waals surface area contributed by atoms with Gasteiger partial charge in [0.1, 0.15) is 11.3 Å². The van der Waals surface area contributed by atoms with Gasteiger partial charge in [-0.1, -0.05) is 0 Å². The zero-order valence-corrected chi connectivity index (χ0v) is 7.37. The molecule has 1 aromatic carbocycles. The second-order valence-corrected chi connectivity index (χ2v) is 2.57. The number of hydrogen-bond acceptors (Lipinski definition) is 4. The highest BCUT2D eigenvalue weighted by molar-refractivity contribution is 6.00. The number of ether oxygens (including phenoxy) is 1. The molecule has 70 valence electrons. The van der Waals surface area contributed by atoms with Crippen molar-refractivity contribution in [1.29, 1.82) is 0 Å². The third-order valence-corrected chi connectivity index (χ3v) is 1.69. The normalized spacial score (nSPS) is 9.69. The number of benzene rings is 1. The molecule has 1 rings (SSSR count). The molecular formula is C9H10O4. The van der Waals surface area contributed by atoms with Crippen molar-refractivity contribution >= 4 is 5.78 Å². The van der Waals surface area contributed by atoms with Crippen molar-refractivity contribution in [2.45, 2.75) is 6.92 Å². The van der Waals surface area contributed by atoms with Crippen LogP contribution in [0.25, 0.3) is 0 Å². The van der Waals surface area contributed by atoms with Gasteiger partial charge in [-0.05, 0) is 19.1 Å². The maximum atomic E-state index is 11.0. The number of hydrogen-bond donors (Lipinski definition) is 2. The average Bonchev–Trinajstić information content (AvgIpc) is 2.08. The summed E-state index contributed by atoms with van der Waals surface area (Å²) in [5.74, 6) is -0.870. The third kappa shape index (κ3) is 1.56. The molecule has 0 fully saturated rings. The van der Waals surface area contributed by atoms with Crippen molar-refractivity contribution in [3.05, 3.63) is 17.7 Å². The molecule has 1 aromatic rings. The number of aromatic hydroxyl groups is 2.